The molecule has 0 saturated heterocycles. The van der Waals surface area contributed by atoms with Crippen LogP contribution in [0, 0.1) is 0 Å². The van der Waals surface area contributed by atoms with Gasteiger partial charge in [0.05, 0.1) is 0 Å². The molecule has 0 aromatic heterocycles. The molecule has 19 heavy (non-hydrogen) atoms. The Morgan fingerprint density at radius 1 is 1.00 bits per heavy atom. The van der Waals surface area contributed by atoms with Crippen molar-refractivity contribution < 1.29 is 9.90 Å². The second kappa shape index (κ2) is 4.76. The molecule has 2 aromatic rings. The summed E-state index contributed by atoms with van der Waals surface area (Å²) in [6.07, 6.45) is -0.0369. The van der Waals surface area contributed by atoms with Gasteiger partial charge < -0.3 is 10.4 Å². The highest BCUT2D eigenvalue weighted by molar-refractivity contribution is 5.66. The fourth-order valence-electron chi connectivity index (χ4n) is 2.43. The van der Waals surface area contributed by atoms with Crippen LogP contribution >= 0.6 is 0 Å². The zero-order valence-electron chi connectivity index (χ0n) is 10.4. The van der Waals surface area contributed by atoms with Crippen LogP contribution in [0.3, 0.4) is 0 Å². The molecule has 0 radical (unpaired) electrons. The van der Waals surface area contributed by atoms with E-state index in [0.29, 0.717) is 5.92 Å². The highest BCUT2D eigenvalue weighted by Gasteiger charge is 2.39. The molecule has 2 aromatic carbocycles. The van der Waals surface area contributed by atoms with E-state index in [1.54, 1.807) is 0 Å². The number of benzene rings is 2. The largest absolute Gasteiger partial charge is 0.465 e. The van der Waals surface area contributed by atoms with Crippen LogP contribution in [0.1, 0.15) is 17.9 Å². The Kier molecular flexibility index (Phi) is 2.95. The van der Waals surface area contributed by atoms with Crippen molar-refractivity contribution >= 4 is 6.09 Å². The maximum absolute atomic E-state index is 10.6. The van der Waals surface area contributed by atoms with E-state index in [-0.39, 0.29) is 6.04 Å². The van der Waals surface area contributed by atoms with Crippen LogP contribution in [0.4, 0.5) is 4.79 Å². The van der Waals surface area contributed by atoms with Crippen molar-refractivity contribution in [3.63, 3.8) is 0 Å². The fraction of sp³-hybridized carbons (Fsp3) is 0.188. The third-order valence-electron chi connectivity index (χ3n) is 3.55. The van der Waals surface area contributed by atoms with Gasteiger partial charge in [-0.25, -0.2) is 4.79 Å². The molecule has 1 aliphatic rings. The third-order valence-corrected chi connectivity index (χ3v) is 3.55. The molecule has 0 spiro atoms. The molecule has 3 rings (SSSR count). The van der Waals surface area contributed by atoms with Crippen LogP contribution in [0.2, 0.25) is 0 Å². The monoisotopic (exact) mass is 253 g/mol. The summed E-state index contributed by atoms with van der Waals surface area (Å²) in [5, 5.41) is 11.2. The van der Waals surface area contributed by atoms with Crippen LogP contribution in [-0.2, 0) is 0 Å². The molecular formula is C16H15NO2. The summed E-state index contributed by atoms with van der Waals surface area (Å²) < 4.78 is 0. The number of amides is 1. The van der Waals surface area contributed by atoms with Gasteiger partial charge in [0.2, 0.25) is 0 Å². The molecule has 2 atom stereocenters. The summed E-state index contributed by atoms with van der Waals surface area (Å²) >= 11 is 0. The van der Waals surface area contributed by atoms with Gasteiger partial charge in [-0.2, -0.15) is 0 Å². The maximum atomic E-state index is 10.6. The van der Waals surface area contributed by atoms with Crippen molar-refractivity contribution in [2.75, 3.05) is 0 Å². The maximum Gasteiger partial charge on any atom is 0.404 e. The molecule has 0 heterocycles. The summed E-state index contributed by atoms with van der Waals surface area (Å²) in [5.74, 6) is 0.334. The lowest BCUT2D eigenvalue weighted by atomic mass is 10.0. The summed E-state index contributed by atoms with van der Waals surface area (Å²) in [5.41, 5.74) is 3.59. The van der Waals surface area contributed by atoms with Crippen molar-refractivity contribution in [3.8, 4) is 11.1 Å². The molecule has 1 saturated carbocycles. The Morgan fingerprint density at radius 3 is 2.26 bits per heavy atom. The topological polar surface area (TPSA) is 49.3 Å². The predicted octanol–water partition coefficient (Wildman–Crippen LogP) is 3.48. The van der Waals surface area contributed by atoms with Crippen molar-refractivity contribution in [2.45, 2.75) is 18.4 Å². The summed E-state index contributed by atoms with van der Waals surface area (Å²) in [6.45, 7) is 0. The third kappa shape index (κ3) is 2.60. The molecular weight excluding hydrogens is 238 g/mol. The number of hydrogen-bond acceptors (Lipinski definition) is 1. The first-order valence-corrected chi connectivity index (χ1v) is 6.39. The molecule has 3 nitrogen and oxygen atoms in total. The van der Waals surface area contributed by atoms with Crippen LogP contribution in [-0.4, -0.2) is 17.2 Å². The Balaban J connectivity index is 1.72. The highest BCUT2D eigenvalue weighted by atomic mass is 16.4. The van der Waals surface area contributed by atoms with Crippen LogP contribution < -0.4 is 5.32 Å². The van der Waals surface area contributed by atoms with Crippen molar-refractivity contribution in [1.82, 2.24) is 5.32 Å². The average Bonchev–Trinajstić information content (AvgIpc) is 3.18. The Hall–Kier alpha value is -2.29. The minimum Gasteiger partial charge on any atom is -0.465 e. The molecule has 1 fully saturated rings. The second-order valence-electron chi connectivity index (χ2n) is 4.89. The van der Waals surface area contributed by atoms with Gasteiger partial charge in [-0.05, 0) is 23.1 Å². The van der Waals surface area contributed by atoms with E-state index >= 15 is 0 Å². The van der Waals surface area contributed by atoms with Crippen LogP contribution in [0.5, 0.6) is 0 Å². The molecule has 0 aliphatic heterocycles. The predicted molar refractivity (Wildman–Crippen MR) is 74.2 cm³/mol. The quantitative estimate of drug-likeness (QED) is 0.879. The standard InChI is InChI=1S/C16H15NO2/c18-16(19)17-15-10-14(15)13-8-6-12(7-9-13)11-4-2-1-3-5-11/h1-9,14-15,17H,10H2,(H,18,19)/t14-,15+/m0/s1. The number of rotatable bonds is 3. The lowest BCUT2D eigenvalue weighted by molar-refractivity contribution is 0.193. The Bertz CT molecular complexity index is 577. The van der Waals surface area contributed by atoms with E-state index in [0.717, 1.165) is 6.42 Å². The zero-order valence-corrected chi connectivity index (χ0v) is 10.4. The summed E-state index contributed by atoms with van der Waals surface area (Å²) in [6, 6.07) is 18.7. The second-order valence-corrected chi connectivity index (χ2v) is 4.89. The van der Waals surface area contributed by atoms with Crippen molar-refractivity contribution in [3.05, 3.63) is 60.2 Å². The minimum absolute atomic E-state index is 0.0834. The normalized spacial score (nSPS) is 20.8. The van der Waals surface area contributed by atoms with E-state index in [1.807, 2.05) is 18.2 Å². The van der Waals surface area contributed by atoms with Gasteiger partial charge in [-0.1, -0.05) is 54.6 Å². The van der Waals surface area contributed by atoms with E-state index in [4.69, 9.17) is 5.11 Å². The lowest BCUT2D eigenvalue weighted by Crippen LogP contribution is -2.24. The molecule has 1 aliphatic carbocycles. The van der Waals surface area contributed by atoms with Gasteiger partial charge in [0, 0.05) is 12.0 Å². The van der Waals surface area contributed by atoms with Gasteiger partial charge in [0.1, 0.15) is 0 Å². The van der Waals surface area contributed by atoms with Gasteiger partial charge in [0.25, 0.3) is 0 Å². The smallest absolute Gasteiger partial charge is 0.404 e. The summed E-state index contributed by atoms with van der Waals surface area (Å²) in [4.78, 5) is 10.6. The van der Waals surface area contributed by atoms with Gasteiger partial charge in [0.15, 0.2) is 0 Å². The summed E-state index contributed by atoms with van der Waals surface area (Å²) in [7, 11) is 0. The van der Waals surface area contributed by atoms with Gasteiger partial charge in [-0.15, -0.1) is 0 Å². The first kappa shape index (κ1) is 11.8. The Morgan fingerprint density at radius 2 is 1.63 bits per heavy atom. The van der Waals surface area contributed by atoms with Crippen molar-refractivity contribution in [2.24, 2.45) is 0 Å². The molecule has 0 bridgehead atoms. The highest BCUT2D eigenvalue weighted by Crippen LogP contribution is 2.41. The van der Waals surface area contributed by atoms with Gasteiger partial charge in [-0.3, -0.25) is 0 Å². The average molecular weight is 253 g/mol. The number of carbonyl (C=O) groups is 1. The van der Waals surface area contributed by atoms with E-state index in [1.165, 1.54) is 16.7 Å². The number of carboxylic acid groups (broad SMARTS) is 1. The van der Waals surface area contributed by atoms with Crippen LogP contribution in [0.25, 0.3) is 11.1 Å². The first-order valence-electron chi connectivity index (χ1n) is 6.39. The molecule has 0 unspecified atom stereocenters. The van der Waals surface area contributed by atoms with E-state index in [9.17, 15) is 4.79 Å². The van der Waals surface area contributed by atoms with Crippen LogP contribution in [0.15, 0.2) is 54.6 Å². The number of hydrogen-bond donors (Lipinski definition) is 2. The number of nitrogens with one attached hydrogen (secondary N) is 1. The molecule has 2 N–H and O–H groups in total. The lowest BCUT2D eigenvalue weighted by Gasteiger charge is -2.04. The molecule has 3 heteroatoms. The zero-order chi connectivity index (χ0) is 13.2. The van der Waals surface area contributed by atoms with E-state index < -0.39 is 6.09 Å². The SMILES string of the molecule is O=C(O)N[C@@H]1C[C@H]1c1ccc(-c2ccccc2)cc1. The minimum atomic E-state index is -0.937. The first-order chi connectivity index (χ1) is 9.24. The van der Waals surface area contributed by atoms with Crippen molar-refractivity contribution in [1.29, 1.82) is 0 Å². The van der Waals surface area contributed by atoms with Gasteiger partial charge >= 0.3 is 6.09 Å². The fourth-order valence-corrected chi connectivity index (χ4v) is 2.43. The van der Waals surface area contributed by atoms with E-state index in [2.05, 4.69) is 41.7 Å². The molecule has 1 amide bonds. The Labute approximate surface area is 111 Å². The molecule has 96 valence electrons.